The largest absolute Gasteiger partial charge is 0.481 e. The van der Waals surface area contributed by atoms with E-state index in [-0.39, 0.29) is 12.0 Å². The zero-order valence-electron chi connectivity index (χ0n) is 11.4. The second-order valence-corrected chi connectivity index (χ2v) is 5.22. The fourth-order valence-electron chi connectivity index (χ4n) is 1.91. The average Bonchev–Trinajstić information content (AvgIpc) is 2.33. The van der Waals surface area contributed by atoms with E-state index in [2.05, 4.69) is 19.2 Å². The number of nitrogens with one attached hydrogen (secondary N) is 1. The topological polar surface area (TPSA) is 67.8 Å². The van der Waals surface area contributed by atoms with Crippen LogP contribution in [0.2, 0.25) is 0 Å². The third kappa shape index (κ3) is 6.33. The Kier molecular flexibility index (Phi) is 7.23. The van der Waals surface area contributed by atoms with Crippen LogP contribution < -0.4 is 5.32 Å². The minimum Gasteiger partial charge on any atom is -0.481 e. The summed E-state index contributed by atoms with van der Waals surface area (Å²) in [7, 11) is 0. The number of piperidine rings is 1. The molecule has 5 nitrogen and oxygen atoms in total. The maximum absolute atomic E-state index is 10.9. The molecule has 0 aromatic heterocycles. The van der Waals surface area contributed by atoms with Crippen molar-refractivity contribution in [2.45, 2.75) is 32.8 Å². The smallest absolute Gasteiger partial charge is 0.307 e. The Hall–Kier alpha value is -0.650. The maximum Gasteiger partial charge on any atom is 0.307 e. The first-order valence-electron chi connectivity index (χ1n) is 6.72. The number of hydrogen-bond donors (Lipinski definition) is 2. The van der Waals surface area contributed by atoms with E-state index in [0.717, 1.165) is 19.6 Å². The second kappa shape index (κ2) is 8.45. The molecular formula is C13H25NO4. The molecule has 0 aliphatic carbocycles. The predicted molar refractivity (Wildman–Crippen MR) is 68.6 cm³/mol. The van der Waals surface area contributed by atoms with Gasteiger partial charge in [-0.1, -0.05) is 13.8 Å². The third-order valence-electron chi connectivity index (χ3n) is 3.08. The Balaban J connectivity index is 2.03. The lowest BCUT2D eigenvalue weighted by Crippen LogP contribution is -2.43. The number of carbonyl (C=O) groups is 1. The van der Waals surface area contributed by atoms with E-state index in [4.69, 9.17) is 14.6 Å². The van der Waals surface area contributed by atoms with E-state index in [0.29, 0.717) is 32.1 Å². The lowest BCUT2D eigenvalue weighted by atomic mass is 9.98. The molecule has 0 amide bonds. The molecule has 0 radical (unpaired) electrons. The minimum atomic E-state index is -0.746. The van der Waals surface area contributed by atoms with Crippen LogP contribution in [0.1, 0.15) is 26.7 Å². The van der Waals surface area contributed by atoms with Gasteiger partial charge in [0.2, 0.25) is 0 Å². The summed E-state index contributed by atoms with van der Waals surface area (Å²) in [5, 5.41) is 12.0. The van der Waals surface area contributed by atoms with Crippen LogP contribution in [0, 0.1) is 11.8 Å². The van der Waals surface area contributed by atoms with Gasteiger partial charge in [-0.3, -0.25) is 4.79 Å². The van der Waals surface area contributed by atoms with E-state index < -0.39 is 5.97 Å². The number of rotatable bonds is 8. The Morgan fingerprint density at radius 1 is 1.33 bits per heavy atom. The first kappa shape index (κ1) is 15.4. The van der Waals surface area contributed by atoms with Crippen molar-refractivity contribution in [1.29, 1.82) is 0 Å². The Morgan fingerprint density at radius 2 is 2.11 bits per heavy atom. The highest BCUT2D eigenvalue weighted by molar-refractivity contribution is 5.70. The molecule has 1 heterocycles. The molecule has 2 unspecified atom stereocenters. The SMILES string of the molecule is CC(C)CCOCCOC1CNCC(C(=O)O)C1. The number of hydrogen-bond acceptors (Lipinski definition) is 4. The van der Waals surface area contributed by atoms with Gasteiger partial charge in [0.05, 0.1) is 25.2 Å². The minimum absolute atomic E-state index is 0.00597. The molecule has 0 aromatic rings. The molecule has 5 heteroatoms. The van der Waals surface area contributed by atoms with Gasteiger partial charge < -0.3 is 19.9 Å². The standard InChI is InChI=1S/C13H25NO4/c1-10(2)3-4-17-5-6-18-12-7-11(13(15)16)8-14-9-12/h10-12,14H,3-9H2,1-2H3,(H,15,16). The van der Waals surface area contributed by atoms with Gasteiger partial charge in [-0.25, -0.2) is 0 Å². The molecule has 1 aliphatic rings. The summed E-state index contributed by atoms with van der Waals surface area (Å²) in [6.07, 6.45) is 1.65. The summed E-state index contributed by atoms with van der Waals surface area (Å²) in [5.74, 6) is -0.417. The number of carboxylic acids is 1. The van der Waals surface area contributed by atoms with Crippen molar-refractivity contribution in [3.63, 3.8) is 0 Å². The molecule has 2 N–H and O–H groups in total. The van der Waals surface area contributed by atoms with Crippen LogP contribution in [0.3, 0.4) is 0 Å². The molecule has 0 aromatic carbocycles. The molecule has 0 bridgehead atoms. The Labute approximate surface area is 109 Å². The molecular weight excluding hydrogens is 234 g/mol. The van der Waals surface area contributed by atoms with Crippen molar-refractivity contribution in [3.05, 3.63) is 0 Å². The van der Waals surface area contributed by atoms with Crippen molar-refractivity contribution in [2.24, 2.45) is 11.8 Å². The van der Waals surface area contributed by atoms with Gasteiger partial charge in [0.1, 0.15) is 0 Å². The monoisotopic (exact) mass is 259 g/mol. The highest BCUT2D eigenvalue weighted by Gasteiger charge is 2.26. The Morgan fingerprint density at radius 3 is 2.78 bits per heavy atom. The molecule has 106 valence electrons. The van der Waals surface area contributed by atoms with Gasteiger partial charge in [0.25, 0.3) is 0 Å². The molecule has 1 fully saturated rings. The van der Waals surface area contributed by atoms with Crippen LogP contribution in [-0.4, -0.2) is 50.1 Å². The van der Waals surface area contributed by atoms with Crippen molar-refractivity contribution < 1.29 is 19.4 Å². The lowest BCUT2D eigenvalue weighted by molar-refractivity contribution is -0.144. The molecule has 18 heavy (non-hydrogen) atoms. The first-order valence-corrected chi connectivity index (χ1v) is 6.72. The average molecular weight is 259 g/mol. The lowest BCUT2D eigenvalue weighted by Gasteiger charge is -2.27. The van der Waals surface area contributed by atoms with E-state index in [9.17, 15) is 4.79 Å². The normalized spacial score (nSPS) is 24.4. The summed E-state index contributed by atoms with van der Waals surface area (Å²) >= 11 is 0. The highest BCUT2D eigenvalue weighted by atomic mass is 16.5. The molecule has 0 spiro atoms. The summed E-state index contributed by atoms with van der Waals surface area (Å²) < 4.78 is 11.1. The predicted octanol–water partition coefficient (Wildman–Crippen LogP) is 1.13. The molecule has 1 saturated heterocycles. The molecule has 1 rings (SSSR count). The van der Waals surface area contributed by atoms with Crippen molar-refractivity contribution >= 4 is 5.97 Å². The van der Waals surface area contributed by atoms with E-state index >= 15 is 0 Å². The highest BCUT2D eigenvalue weighted by Crippen LogP contribution is 2.13. The van der Waals surface area contributed by atoms with Gasteiger partial charge in [0, 0.05) is 19.7 Å². The van der Waals surface area contributed by atoms with Gasteiger partial charge in [0.15, 0.2) is 0 Å². The molecule has 2 atom stereocenters. The van der Waals surface area contributed by atoms with Crippen molar-refractivity contribution in [1.82, 2.24) is 5.32 Å². The van der Waals surface area contributed by atoms with Crippen LogP contribution in [0.25, 0.3) is 0 Å². The van der Waals surface area contributed by atoms with Gasteiger partial charge in [-0.05, 0) is 18.8 Å². The van der Waals surface area contributed by atoms with Crippen LogP contribution in [0.4, 0.5) is 0 Å². The van der Waals surface area contributed by atoms with Crippen molar-refractivity contribution in [3.8, 4) is 0 Å². The summed E-state index contributed by atoms with van der Waals surface area (Å²) in [5.41, 5.74) is 0. The number of carboxylic acid groups (broad SMARTS) is 1. The summed E-state index contributed by atoms with van der Waals surface area (Å²) in [4.78, 5) is 10.9. The Bertz CT molecular complexity index is 245. The van der Waals surface area contributed by atoms with Gasteiger partial charge >= 0.3 is 5.97 Å². The maximum atomic E-state index is 10.9. The quantitative estimate of drug-likeness (QED) is 0.640. The zero-order valence-corrected chi connectivity index (χ0v) is 11.4. The van der Waals surface area contributed by atoms with E-state index in [1.807, 2.05) is 0 Å². The first-order chi connectivity index (χ1) is 8.59. The third-order valence-corrected chi connectivity index (χ3v) is 3.08. The fourth-order valence-corrected chi connectivity index (χ4v) is 1.91. The van der Waals surface area contributed by atoms with Gasteiger partial charge in [-0.2, -0.15) is 0 Å². The molecule has 0 saturated carbocycles. The van der Waals surface area contributed by atoms with Crippen LogP contribution in [0.15, 0.2) is 0 Å². The second-order valence-electron chi connectivity index (χ2n) is 5.22. The van der Waals surface area contributed by atoms with Crippen LogP contribution >= 0.6 is 0 Å². The van der Waals surface area contributed by atoms with E-state index in [1.165, 1.54) is 0 Å². The van der Waals surface area contributed by atoms with Crippen LogP contribution in [-0.2, 0) is 14.3 Å². The summed E-state index contributed by atoms with van der Waals surface area (Å²) in [6, 6.07) is 0. The number of aliphatic carboxylic acids is 1. The van der Waals surface area contributed by atoms with Gasteiger partial charge in [-0.15, -0.1) is 0 Å². The molecule has 1 aliphatic heterocycles. The van der Waals surface area contributed by atoms with E-state index in [1.54, 1.807) is 0 Å². The number of ether oxygens (including phenoxy) is 2. The summed E-state index contributed by atoms with van der Waals surface area (Å²) in [6.45, 7) is 7.49. The van der Waals surface area contributed by atoms with Crippen molar-refractivity contribution in [2.75, 3.05) is 32.9 Å². The van der Waals surface area contributed by atoms with Crippen LogP contribution in [0.5, 0.6) is 0 Å². The fraction of sp³-hybridized carbons (Fsp3) is 0.923. The zero-order chi connectivity index (χ0) is 13.4.